The van der Waals surface area contributed by atoms with Gasteiger partial charge in [-0.25, -0.2) is 4.98 Å². The minimum absolute atomic E-state index is 0.0370. The van der Waals surface area contributed by atoms with Crippen LogP contribution in [-0.4, -0.2) is 31.8 Å². The minimum atomic E-state index is -0.0370. The molecule has 1 fully saturated rings. The van der Waals surface area contributed by atoms with Crippen molar-refractivity contribution >= 4 is 11.0 Å². The highest BCUT2D eigenvalue weighted by atomic mass is 16.5. The number of aromatic nitrogens is 4. The number of fused-ring (bicyclic) bond motifs is 1. The molecule has 4 aromatic rings. The molecule has 1 aliphatic carbocycles. The Balaban J connectivity index is 0.000000275. The Morgan fingerprint density at radius 2 is 1.91 bits per heavy atom. The molecule has 3 aromatic heterocycles. The third-order valence-electron chi connectivity index (χ3n) is 5.99. The number of aliphatic hydroxyl groups excluding tert-OH is 1. The number of aromatic amines is 2. The number of rotatable bonds is 7. The lowest BCUT2D eigenvalue weighted by Gasteiger charge is -2.07. The van der Waals surface area contributed by atoms with E-state index in [0.717, 1.165) is 70.8 Å². The number of nitrogens with zero attached hydrogens (tertiary/aromatic N) is 2. The summed E-state index contributed by atoms with van der Waals surface area (Å²) < 4.78 is 5.36. The van der Waals surface area contributed by atoms with Crippen LogP contribution in [0, 0.1) is 20.8 Å². The number of imidazole rings is 1. The zero-order valence-corrected chi connectivity index (χ0v) is 19.6. The van der Waals surface area contributed by atoms with E-state index in [1.54, 1.807) is 6.07 Å². The zero-order chi connectivity index (χ0) is 23.4. The van der Waals surface area contributed by atoms with E-state index in [1.807, 2.05) is 26.8 Å². The monoisotopic (exact) mass is 448 g/mol. The third kappa shape index (κ3) is 5.60. The maximum absolute atomic E-state index is 10.4. The van der Waals surface area contributed by atoms with Gasteiger partial charge in [0, 0.05) is 29.8 Å². The van der Waals surface area contributed by atoms with Crippen LogP contribution in [0.4, 0.5) is 0 Å². The highest BCUT2D eigenvalue weighted by Crippen LogP contribution is 2.40. The summed E-state index contributed by atoms with van der Waals surface area (Å²) in [5.74, 6) is 2.59. The molecule has 1 saturated carbocycles. The molecule has 7 heteroatoms. The van der Waals surface area contributed by atoms with Crippen LogP contribution in [0.15, 0.2) is 39.6 Å². The van der Waals surface area contributed by atoms with E-state index in [4.69, 9.17) is 14.6 Å². The fourth-order valence-electron chi connectivity index (χ4n) is 4.15. The summed E-state index contributed by atoms with van der Waals surface area (Å²) in [5, 5.41) is 13.1. The van der Waals surface area contributed by atoms with E-state index in [0.29, 0.717) is 5.92 Å². The highest BCUT2D eigenvalue weighted by Gasteiger charge is 2.27. The van der Waals surface area contributed by atoms with E-state index < -0.39 is 0 Å². The molecule has 3 heterocycles. The van der Waals surface area contributed by atoms with Gasteiger partial charge in [0.1, 0.15) is 11.6 Å². The molecular formula is C26H32N4O3. The Morgan fingerprint density at radius 1 is 1.09 bits per heavy atom. The molecule has 0 atom stereocenters. The lowest BCUT2D eigenvalue weighted by atomic mass is 9.97. The standard InChI is InChI=1S/C20H25N3O2.C6H7NO/c1-12-18(13(2)25-23-12)16-10-15(6-4-3-5-9-24)19-17(11-16)21-20(22-19)14-7-8-14;1-5-3-2-4-6(8)7-5/h10-11,14,24H,3-9H2,1-2H3,(H,21,22);2-4H,1H3,(H,7,8). The van der Waals surface area contributed by atoms with Gasteiger partial charge < -0.3 is 19.6 Å². The van der Waals surface area contributed by atoms with Crippen molar-refractivity contribution in [2.24, 2.45) is 0 Å². The number of hydrogen-bond acceptors (Lipinski definition) is 5. The van der Waals surface area contributed by atoms with Gasteiger partial charge in [-0.15, -0.1) is 0 Å². The average molecular weight is 449 g/mol. The molecule has 7 nitrogen and oxygen atoms in total. The number of hydrogen-bond donors (Lipinski definition) is 3. The molecular weight excluding hydrogens is 416 g/mol. The van der Waals surface area contributed by atoms with Gasteiger partial charge in [-0.05, 0) is 82.2 Å². The van der Waals surface area contributed by atoms with Crippen LogP contribution < -0.4 is 5.56 Å². The Hall–Kier alpha value is -3.19. The van der Waals surface area contributed by atoms with E-state index in [2.05, 4.69) is 27.3 Å². The number of aryl methyl sites for hydroxylation is 4. The molecule has 0 saturated heterocycles. The topological polar surface area (TPSA) is 108 Å². The first-order chi connectivity index (χ1) is 16.0. The molecule has 0 amide bonds. The van der Waals surface area contributed by atoms with Crippen molar-refractivity contribution in [2.75, 3.05) is 6.61 Å². The lowest BCUT2D eigenvalue weighted by molar-refractivity contribution is 0.283. The van der Waals surface area contributed by atoms with Crippen LogP contribution in [0.25, 0.3) is 22.2 Å². The average Bonchev–Trinajstić information content (AvgIpc) is 3.46. The first-order valence-electron chi connectivity index (χ1n) is 11.7. The fourth-order valence-corrected chi connectivity index (χ4v) is 4.15. The van der Waals surface area contributed by atoms with Crippen LogP contribution >= 0.6 is 0 Å². The van der Waals surface area contributed by atoms with Gasteiger partial charge in [0.2, 0.25) is 5.56 Å². The fraction of sp³-hybridized carbons (Fsp3) is 0.423. The van der Waals surface area contributed by atoms with Gasteiger partial charge >= 0.3 is 0 Å². The number of benzene rings is 1. The maximum atomic E-state index is 10.4. The van der Waals surface area contributed by atoms with Gasteiger partial charge in [0.15, 0.2) is 0 Å². The van der Waals surface area contributed by atoms with Crippen LogP contribution in [0.5, 0.6) is 0 Å². The SMILES string of the molecule is Cc1cccc(=O)[nH]1.Cc1noc(C)c1-c1cc(CCCCCO)c2nc(C3CC3)[nH]c2c1. The molecule has 1 aromatic carbocycles. The second-order valence-corrected chi connectivity index (χ2v) is 8.86. The highest BCUT2D eigenvalue weighted by molar-refractivity contribution is 5.86. The molecule has 0 unspecified atom stereocenters. The summed E-state index contributed by atoms with van der Waals surface area (Å²) in [4.78, 5) is 21.5. The second-order valence-electron chi connectivity index (χ2n) is 8.86. The first-order valence-corrected chi connectivity index (χ1v) is 11.7. The predicted molar refractivity (Wildman–Crippen MR) is 129 cm³/mol. The lowest BCUT2D eigenvalue weighted by Crippen LogP contribution is -2.02. The largest absolute Gasteiger partial charge is 0.396 e. The van der Waals surface area contributed by atoms with E-state index in [9.17, 15) is 4.79 Å². The summed E-state index contributed by atoms with van der Waals surface area (Å²) in [6.07, 6.45) is 6.41. The summed E-state index contributed by atoms with van der Waals surface area (Å²) in [6, 6.07) is 9.49. The van der Waals surface area contributed by atoms with Crippen LogP contribution in [0.1, 0.15) is 66.6 Å². The second kappa shape index (κ2) is 10.2. The van der Waals surface area contributed by atoms with E-state index in [1.165, 1.54) is 24.5 Å². The predicted octanol–water partition coefficient (Wildman–Crippen LogP) is 5.10. The number of H-pyrrole nitrogens is 2. The number of aliphatic hydroxyl groups is 1. The number of unbranched alkanes of at least 4 members (excludes halogenated alkanes) is 2. The van der Waals surface area contributed by atoms with Crippen molar-refractivity contribution < 1.29 is 9.63 Å². The first kappa shape index (κ1) is 23.0. The smallest absolute Gasteiger partial charge is 0.248 e. The minimum Gasteiger partial charge on any atom is -0.396 e. The molecule has 174 valence electrons. The van der Waals surface area contributed by atoms with Crippen molar-refractivity contribution in [2.45, 2.75) is 65.2 Å². The van der Waals surface area contributed by atoms with Gasteiger partial charge in [0.05, 0.1) is 16.7 Å². The third-order valence-corrected chi connectivity index (χ3v) is 5.99. The number of nitrogens with one attached hydrogen (secondary N) is 2. The van der Waals surface area contributed by atoms with Gasteiger partial charge in [0.25, 0.3) is 0 Å². The van der Waals surface area contributed by atoms with Crippen LogP contribution in [-0.2, 0) is 6.42 Å². The van der Waals surface area contributed by atoms with Crippen molar-refractivity contribution in [1.29, 1.82) is 0 Å². The Labute approximate surface area is 193 Å². The molecule has 0 radical (unpaired) electrons. The summed E-state index contributed by atoms with van der Waals surface area (Å²) in [7, 11) is 0. The number of pyridine rings is 1. The van der Waals surface area contributed by atoms with Crippen LogP contribution in [0.2, 0.25) is 0 Å². The summed E-state index contributed by atoms with van der Waals surface area (Å²) >= 11 is 0. The molecule has 0 aliphatic heterocycles. The van der Waals surface area contributed by atoms with Crippen molar-refractivity contribution in [3.8, 4) is 11.1 Å². The summed E-state index contributed by atoms with van der Waals surface area (Å²) in [5.41, 5.74) is 7.49. The zero-order valence-electron chi connectivity index (χ0n) is 19.6. The van der Waals surface area contributed by atoms with Crippen molar-refractivity contribution in [3.05, 3.63) is 69.2 Å². The van der Waals surface area contributed by atoms with Crippen molar-refractivity contribution in [1.82, 2.24) is 20.1 Å². The normalized spacial score (nSPS) is 13.2. The van der Waals surface area contributed by atoms with Gasteiger partial charge in [-0.1, -0.05) is 17.6 Å². The van der Waals surface area contributed by atoms with Crippen LogP contribution in [0.3, 0.4) is 0 Å². The summed E-state index contributed by atoms with van der Waals surface area (Å²) in [6.45, 7) is 6.06. The van der Waals surface area contributed by atoms with Crippen molar-refractivity contribution in [3.63, 3.8) is 0 Å². The Kier molecular flexibility index (Phi) is 7.08. The van der Waals surface area contributed by atoms with E-state index in [-0.39, 0.29) is 12.2 Å². The Morgan fingerprint density at radius 3 is 2.52 bits per heavy atom. The van der Waals surface area contributed by atoms with Gasteiger partial charge in [-0.3, -0.25) is 4.79 Å². The quantitative estimate of drug-likeness (QED) is 0.341. The Bertz CT molecular complexity index is 1260. The molecule has 0 spiro atoms. The van der Waals surface area contributed by atoms with Gasteiger partial charge in [-0.2, -0.15) is 0 Å². The molecule has 5 rings (SSSR count). The molecule has 0 bridgehead atoms. The molecule has 33 heavy (non-hydrogen) atoms. The molecule has 1 aliphatic rings. The maximum Gasteiger partial charge on any atom is 0.248 e. The van der Waals surface area contributed by atoms with E-state index >= 15 is 0 Å². The molecule has 3 N–H and O–H groups in total.